The van der Waals surface area contributed by atoms with Gasteiger partial charge in [-0.05, 0) is 13.0 Å². The van der Waals surface area contributed by atoms with Gasteiger partial charge in [-0.3, -0.25) is 9.59 Å². The van der Waals surface area contributed by atoms with E-state index in [9.17, 15) is 9.59 Å². The van der Waals surface area contributed by atoms with Gasteiger partial charge in [-0.25, -0.2) is 0 Å². The zero-order valence-electron chi connectivity index (χ0n) is 8.98. The zero-order chi connectivity index (χ0) is 11.4. The number of likely N-dealkylation sites (tertiary alicyclic amines) is 1. The van der Waals surface area contributed by atoms with E-state index in [2.05, 4.69) is 0 Å². The predicted octanol–water partition coefficient (Wildman–Crippen LogP) is -0.0956. The lowest BCUT2D eigenvalue weighted by molar-refractivity contribution is -0.150. The number of rotatable bonds is 5. The van der Waals surface area contributed by atoms with Gasteiger partial charge in [0.05, 0.1) is 5.92 Å². The summed E-state index contributed by atoms with van der Waals surface area (Å²) in [5.74, 6) is -0.934. The van der Waals surface area contributed by atoms with Gasteiger partial charge in [0.1, 0.15) is 0 Å². The summed E-state index contributed by atoms with van der Waals surface area (Å²) in [4.78, 5) is 23.8. The minimum Gasteiger partial charge on any atom is -0.481 e. The van der Waals surface area contributed by atoms with E-state index in [0.717, 1.165) is 0 Å². The maximum atomic E-state index is 11.4. The molecule has 1 saturated heterocycles. The average Bonchev–Trinajstić information content (AvgIpc) is 2.11. The van der Waals surface area contributed by atoms with E-state index < -0.39 is 5.97 Å². The molecule has 1 amide bonds. The highest BCUT2D eigenvalue weighted by molar-refractivity contribution is 5.77. The van der Waals surface area contributed by atoms with Crippen molar-refractivity contribution in [1.82, 2.24) is 4.90 Å². The number of amides is 1. The summed E-state index contributed by atoms with van der Waals surface area (Å²) in [5.41, 5.74) is 5.30. The number of hydrogen-bond acceptors (Lipinski definition) is 3. The summed E-state index contributed by atoms with van der Waals surface area (Å²) in [6, 6.07) is 0. The predicted molar refractivity (Wildman–Crippen MR) is 55.2 cm³/mol. The molecule has 1 unspecified atom stereocenters. The van der Waals surface area contributed by atoms with Crippen LogP contribution in [0.15, 0.2) is 0 Å². The van der Waals surface area contributed by atoms with Gasteiger partial charge in [-0.1, -0.05) is 6.92 Å². The molecule has 5 nitrogen and oxygen atoms in total. The van der Waals surface area contributed by atoms with Crippen LogP contribution in [0.1, 0.15) is 19.8 Å². The smallest absolute Gasteiger partial charge is 0.306 e. The lowest BCUT2D eigenvalue weighted by Gasteiger charge is -2.41. The van der Waals surface area contributed by atoms with Crippen molar-refractivity contribution in [2.24, 2.45) is 17.6 Å². The third-order valence-corrected chi connectivity index (χ3v) is 2.95. The van der Waals surface area contributed by atoms with E-state index in [-0.39, 0.29) is 17.7 Å². The van der Waals surface area contributed by atoms with Gasteiger partial charge < -0.3 is 15.7 Å². The Morgan fingerprint density at radius 2 is 2.13 bits per heavy atom. The molecule has 0 saturated carbocycles. The molecule has 0 bridgehead atoms. The van der Waals surface area contributed by atoms with Crippen LogP contribution in [-0.2, 0) is 9.59 Å². The van der Waals surface area contributed by atoms with Crippen molar-refractivity contribution < 1.29 is 14.7 Å². The van der Waals surface area contributed by atoms with E-state index in [4.69, 9.17) is 10.8 Å². The van der Waals surface area contributed by atoms with Gasteiger partial charge in [-0.2, -0.15) is 0 Å². The average molecular weight is 214 g/mol. The first-order valence-corrected chi connectivity index (χ1v) is 5.27. The van der Waals surface area contributed by atoms with Gasteiger partial charge in [0.15, 0.2) is 0 Å². The Bertz CT molecular complexity index is 249. The van der Waals surface area contributed by atoms with Crippen LogP contribution in [0.5, 0.6) is 0 Å². The monoisotopic (exact) mass is 214 g/mol. The maximum Gasteiger partial charge on any atom is 0.306 e. The lowest BCUT2D eigenvalue weighted by atomic mass is 9.87. The third kappa shape index (κ3) is 2.92. The van der Waals surface area contributed by atoms with Crippen molar-refractivity contribution in [3.63, 3.8) is 0 Å². The molecule has 0 aromatic rings. The number of nitrogens with two attached hydrogens (primary N) is 1. The molecule has 0 spiro atoms. The second-order valence-electron chi connectivity index (χ2n) is 4.08. The molecule has 86 valence electrons. The zero-order valence-corrected chi connectivity index (χ0v) is 8.98. The summed E-state index contributed by atoms with van der Waals surface area (Å²) in [5, 5.41) is 8.76. The topological polar surface area (TPSA) is 83.6 Å². The van der Waals surface area contributed by atoms with Crippen LogP contribution in [-0.4, -0.2) is 41.5 Å². The Labute approximate surface area is 89.2 Å². The number of hydrogen-bond donors (Lipinski definition) is 2. The summed E-state index contributed by atoms with van der Waals surface area (Å²) >= 11 is 0. The number of nitrogens with zero attached hydrogens (tertiary/aromatic N) is 1. The van der Waals surface area contributed by atoms with E-state index in [0.29, 0.717) is 32.5 Å². The minimum atomic E-state index is -0.783. The summed E-state index contributed by atoms with van der Waals surface area (Å²) in [6.07, 6.45) is 1.18. The Balaban J connectivity index is 2.25. The Hall–Kier alpha value is -1.10. The van der Waals surface area contributed by atoms with Crippen LogP contribution in [0.25, 0.3) is 0 Å². The molecule has 3 N–H and O–H groups in total. The van der Waals surface area contributed by atoms with Gasteiger partial charge in [0.25, 0.3) is 0 Å². The first-order chi connectivity index (χ1) is 7.06. The second kappa shape index (κ2) is 5.11. The van der Waals surface area contributed by atoms with Gasteiger partial charge in [-0.15, -0.1) is 0 Å². The molecule has 0 radical (unpaired) electrons. The molecule has 0 aliphatic carbocycles. The molecule has 1 aliphatic rings. The fourth-order valence-corrected chi connectivity index (χ4v) is 1.65. The van der Waals surface area contributed by atoms with E-state index in [1.807, 2.05) is 0 Å². The number of carbonyl (C=O) groups is 2. The number of aliphatic carboxylic acids is 1. The second-order valence-corrected chi connectivity index (χ2v) is 4.08. The highest BCUT2D eigenvalue weighted by Gasteiger charge is 2.36. The summed E-state index contributed by atoms with van der Waals surface area (Å²) in [7, 11) is 0. The SMILES string of the molecule is CC(C(=O)O)C1CN(C(=O)CCCN)C1. The molecule has 1 atom stereocenters. The Morgan fingerprint density at radius 1 is 1.53 bits per heavy atom. The number of carboxylic acid groups (broad SMARTS) is 1. The highest BCUT2D eigenvalue weighted by Crippen LogP contribution is 2.24. The van der Waals surface area contributed by atoms with E-state index in [1.54, 1.807) is 11.8 Å². The number of carboxylic acids is 1. The highest BCUT2D eigenvalue weighted by atomic mass is 16.4. The fourth-order valence-electron chi connectivity index (χ4n) is 1.65. The van der Waals surface area contributed by atoms with Crippen molar-refractivity contribution in [2.45, 2.75) is 19.8 Å². The molecule has 1 heterocycles. The number of carbonyl (C=O) groups excluding carboxylic acids is 1. The van der Waals surface area contributed by atoms with Crippen molar-refractivity contribution in [2.75, 3.05) is 19.6 Å². The summed E-state index contributed by atoms with van der Waals surface area (Å²) < 4.78 is 0. The minimum absolute atomic E-state index is 0.0919. The van der Waals surface area contributed by atoms with Crippen molar-refractivity contribution in [1.29, 1.82) is 0 Å². The maximum absolute atomic E-state index is 11.4. The standard InChI is InChI=1S/C10H18N2O3/c1-7(10(14)15)8-5-12(6-8)9(13)3-2-4-11/h7-8H,2-6,11H2,1H3,(H,14,15). The van der Waals surface area contributed by atoms with Crippen molar-refractivity contribution in [3.05, 3.63) is 0 Å². The largest absolute Gasteiger partial charge is 0.481 e. The summed E-state index contributed by atoms with van der Waals surface area (Å²) in [6.45, 7) is 3.37. The van der Waals surface area contributed by atoms with Crippen LogP contribution < -0.4 is 5.73 Å². The molecular formula is C10H18N2O3. The van der Waals surface area contributed by atoms with Gasteiger partial charge in [0, 0.05) is 25.4 Å². The van der Waals surface area contributed by atoms with Gasteiger partial charge in [0.2, 0.25) is 5.91 Å². The third-order valence-electron chi connectivity index (χ3n) is 2.95. The van der Waals surface area contributed by atoms with Crippen molar-refractivity contribution in [3.8, 4) is 0 Å². The van der Waals surface area contributed by atoms with Crippen LogP contribution in [0, 0.1) is 11.8 Å². The van der Waals surface area contributed by atoms with Crippen LogP contribution in [0.4, 0.5) is 0 Å². The molecule has 1 rings (SSSR count). The molecule has 0 aromatic heterocycles. The molecule has 5 heteroatoms. The van der Waals surface area contributed by atoms with Crippen molar-refractivity contribution >= 4 is 11.9 Å². The van der Waals surface area contributed by atoms with E-state index >= 15 is 0 Å². The van der Waals surface area contributed by atoms with E-state index in [1.165, 1.54) is 0 Å². The Kier molecular flexibility index (Phi) is 4.08. The van der Waals surface area contributed by atoms with Crippen LogP contribution in [0.3, 0.4) is 0 Å². The first-order valence-electron chi connectivity index (χ1n) is 5.27. The first kappa shape index (κ1) is 12.0. The van der Waals surface area contributed by atoms with Crippen LogP contribution >= 0.6 is 0 Å². The van der Waals surface area contributed by atoms with Gasteiger partial charge >= 0.3 is 5.97 Å². The lowest BCUT2D eigenvalue weighted by Crippen LogP contribution is -2.53. The fraction of sp³-hybridized carbons (Fsp3) is 0.800. The molecular weight excluding hydrogens is 196 g/mol. The normalized spacial score (nSPS) is 18.4. The molecule has 1 fully saturated rings. The molecule has 0 aromatic carbocycles. The van der Waals surface area contributed by atoms with Crippen LogP contribution in [0.2, 0.25) is 0 Å². The Morgan fingerprint density at radius 3 is 2.60 bits per heavy atom. The molecule has 15 heavy (non-hydrogen) atoms. The molecule has 1 aliphatic heterocycles. The quantitative estimate of drug-likeness (QED) is 0.669.